The molecular weight excluding hydrogens is 250 g/mol. The van der Waals surface area contributed by atoms with Gasteiger partial charge in [0.25, 0.3) is 0 Å². The van der Waals surface area contributed by atoms with Gasteiger partial charge in [-0.05, 0) is 24.6 Å². The number of nitrogens with two attached hydrogens (primary N) is 1. The second-order valence-corrected chi connectivity index (χ2v) is 4.75. The highest BCUT2D eigenvalue weighted by molar-refractivity contribution is 7.98. The molecule has 0 bridgehead atoms. The molecule has 1 aromatic rings. The number of benzene rings is 1. The van der Waals surface area contributed by atoms with Crippen LogP contribution < -0.4 is 10.5 Å². The molecule has 0 heterocycles. The fourth-order valence-electron chi connectivity index (χ4n) is 1.34. The molecule has 0 saturated carbocycles. The summed E-state index contributed by atoms with van der Waals surface area (Å²) in [6, 6.07) is 7.29. The monoisotopic (exact) mass is 269 g/mol. The molecule has 1 rings (SSSR count). The van der Waals surface area contributed by atoms with Crippen molar-refractivity contribution in [2.45, 2.75) is 18.7 Å². The van der Waals surface area contributed by atoms with Gasteiger partial charge < -0.3 is 15.2 Å². The van der Waals surface area contributed by atoms with Crippen molar-refractivity contribution in [3.8, 4) is 5.75 Å². The van der Waals surface area contributed by atoms with E-state index in [9.17, 15) is 4.79 Å². The molecule has 1 atom stereocenters. The van der Waals surface area contributed by atoms with Crippen molar-refractivity contribution in [3.63, 3.8) is 0 Å². The van der Waals surface area contributed by atoms with Crippen LogP contribution in [-0.4, -0.2) is 31.5 Å². The number of hydrogen-bond acceptors (Lipinski definition) is 5. The molecule has 0 radical (unpaired) electrons. The minimum absolute atomic E-state index is 0.334. The Hall–Kier alpha value is -1.20. The van der Waals surface area contributed by atoms with Crippen LogP contribution in [0.2, 0.25) is 0 Å². The number of esters is 1. The first-order chi connectivity index (χ1) is 8.67. The Morgan fingerprint density at radius 2 is 2.06 bits per heavy atom. The SMILES string of the molecule is CCOC(=O)[C@@H](N)CSCc1ccc(OC)cc1. The van der Waals surface area contributed by atoms with Crippen LogP contribution >= 0.6 is 11.8 Å². The fraction of sp³-hybridized carbons (Fsp3) is 0.462. The van der Waals surface area contributed by atoms with Crippen molar-refractivity contribution in [2.24, 2.45) is 5.73 Å². The first-order valence-corrected chi connectivity index (χ1v) is 6.95. The number of thioether (sulfide) groups is 1. The summed E-state index contributed by atoms with van der Waals surface area (Å²) in [5.41, 5.74) is 6.88. The number of rotatable bonds is 7. The van der Waals surface area contributed by atoms with Crippen LogP contribution in [0, 0.1) is 0 Å². The second-order valence-electron chi connectivity index (χ2n) is 3.72. The summed E-state index contributed by atoms with van der Waals surface area (Å²) in [5.74, 6) is 1.88. The van der Waals surface area contributed by atoms with Crippen molar-refractivity contribution >= 4 is 17.7 Å². The largest absolute Gasteiger partial charge is 0.497 e. The maximum Gasteiger partial charge on any atom is 0.323 e. The normalized spacial score (nSPS) is 11.9. The maximum absolute atomic E-state index is 11.3. The number of methoxy groups -OCH3 is 1. The highest BCUT2D eigenvalue weighted by Gasteiger charge is 2.13. The molecular formula is C13H19NO3S. The molecule has 0 unspecified atom stereocenters. The van der Waals surface area contributed by atoms with Gasteiger partial charge in [0.15, 0.2) is 0 Å². The lowest BCUT2D eigenvalue weighted by molar-refractivity contribution is -0.144. The molecule has 2 N–H and O–H groups in total. The Labute approximate surface area is 112 Å². The van der Waals surface area contributed by atoms with E-state index in [2.05, 4.69) is 0 Å². The lowest BCUT2D eigenvalue weighted by Gasteiger charge is -2.10. The van der Waals surface area contributed by atoms with E-state index in [0.717, 1.165) is 11.5 Å². The molecule has 0 aliphatic carbocycles. The number of carbonyl (C=O) groups excluding carboxylic acids is 1. The minimum Gasteiger partial charge on any atom is -0.497 e. The van der Waals surface area contributed by atoms with E-state index in [1.807, 2.05) is 24.3 Å². The molecule has 0 amide bonds. The van der Waals surface area contributed by atoms with Crippen LogP contribution in [0.1, 0.15) is 12.5 Å². The smallest absolute Gasteiger partial charge is 0.323 e. The summed E-state index contributed by atoms with van der Waals surface area (Å²) < 4.78 is 9.93. The van der Waals surface area contributed by atoms with Crippen LogP contribution in [0.5, 0.6) is 5.75 Å². The Bertz CT molecular complexity index is 367. The topological polar surface area (TPSA) is 61.5 Å². The van der Waals surface area contributed by atoms with Gasteiger partial charge in [-0.2, -0.15) is 11.8 Å². The Balaban J connectivity index is 2.30. The highest BCUT2D eigenvalue weighted by atomic mass is 32.2. The molecule has 0 aromatic heterocycles. The van der Waals surface area contributed by atoms with Crippen molar-refractivity contribution in [2.75, 3.05) is 19.5 Å². The van der Waals surface area contributed by atoms with Gasteiger partial charge in [0, 0.05) is 11.5 Å². The zero-order valence-electron chi connectivity index (χ0n) is 10.7. The number of hydrogen-bond donors (Lipinski definition) is 1. The predicted octanol–water partition coefficient (Wildman–Crippen LogP) is 1.82. The van der Waals surface area contributed by atoms with Gasteiger partial charge in [0.05, 0.1) is 13.7 Å². The quantitative estimate of drug-likeness (QED) is 0.765. The van der Waals surface area contributed by atoms with Crippen LogP contribution in [0.4, 0.5) is 0 Å². The van der Waals surface area contributed by atoms with E-state index >= 15 is 0 Å². The van der Waals surface area contributed by atoms with Gasteiger partial charge >= 0.3 is 5.97 Å². The molecule has 0 aliphatic rings. The molecule has 0 spiro atoms. The third-order valence-corrected chi connectivity index (χ3v) is 3.45. The molecule has 0 aliphatic heterocycles. The second kappa shape index (κ2) is 8.00. The zero-order valence-corrected chi connectivity index (χ0v) is 11.5. The third-order valence-electron chi connectivity index (χ3n) is 2.31. The number of carbonyl (C=O) groups is 1. The fourth-order valence-corrected chi connectivity index (χ4v) is 2.28. The number of ether oxygens (including phenoxy) is 2. The van der Waals surface area contributed by atoms with Crippen LogP contribution in [0.15, 0.2) is 24.3 Å². The molecule has 4 nitrogen and oxygen atoms in total. The predicted molar refractivity (Wildman–Crippen MR) is 73.8 cm³/mol. The molecule has 0 saturated heterocycles. The van der Waals surface area contributed by atoms with Crippen molar-refractivity contribution in [1.82, 2.24) is 0 Å². The first kappa shape index (κ1) is 14.9. The summed E-state index contributed by atoms with van der Waals surface area (Å²) in [6.07, 6.45) is 0. The van der Waals surface area contributed by atoms with Gasteiger partial charge in [0.1, 0.15) is 11.8 Å². The van der Waals surface area contributed by atoms with Gasteiger partial charge in [-0.1, -0.05) is 12.1 Å². The average molecular weight is 269 g/mol. The molecule has 18 heavy (non-hydrogen) atoms. The highest BCUT2D eigenvalue weighted by Crippen LogP contribution is 2.16. The van der Waals surface area contributed by atoms with E-state index in [1.165, 1.54) is 5.56 Å². The van der Waals surface area contributed by atoms with E-state index in [0.29, 0.717) is 12.4 Å². The minimum atomic E-state index is -0.548. The average Bonchev–Trinajstić information content (AvgIpc) is 2.39. The summed E-state index contributed by atoms with van der Waals surface area (Å²) in [5, 5.41) is 0. The summed E-state index contributed by atoms with van der Waals surface area (Å²) in [4.78, 5) is 11.3. The standard InChI is InChI=1S/C13H19NO3S/c1-3-17-13(15)12(14)9-18-8-10-4-6-11(16-2)7-5-10/h4-7,12H,3,8-9,14H2,1-2H3/t12-/m0/s1. The first-order valence-electron chi connectivity index (χ1n) is 5.80. The van der Waals surface area contributed by atoms with Gasteiger partial charge in [-0.25, -0.2) is 0 Å². The van der Waals surface area contributed by atoms with Crippen LogP contribution in [0.25, 0.3) is 0 Å². The van der Waals surface area contributed by atoms with E-state index < -0.39 is 6.04 Å². The van der Waals surface area contributed by atoms with Crippen LogP contribution in [0.3, 0.4) is 0 Å². The molecule has 1 aromatic carbocycles. The molecule has 5 heteroatoms. The Morgan fingerprint density at radius 1 is 1.39 bits per heavy atom. The van der Waals surface area contributed by atoms with Crippen molar-refractivity contribution in [1.29, 1.82) is 0 Å². The van der Waals surface area contributed by atoms with Crippen molar-refractivity contribution in [3.05, 3.63) is 29.8 Å². The zero-order chi connectivity index (χ0) is 13.4. The lowest BCUT2D eigenvalue weighted by Crippen LogP contribution is -2.34. The summed E-state index contributed by atoms with van der Waals surface area (Å²) in [7, 11) is 1.64. The van der Waals surface area contributed by atoms with E-state index in [4.69, 9.17) is 15.2 Å². The third kappa shape index (κ3) is 4.98. The van der Waals surface area contributed by atoms with Crippen molar-refractivity contribution < 1.29 is 14.3 Å². The Kier molecular flexibility index (Phi) is 6.60. The maximum atomic E-state index is 11.3. The van der Waals surface area contributed by atoms with Crippen LogP contribution in [-0.2, 0) is 15.3 Å². The van der Waals surface area contributed by atoms with E-state index in [-0.39, 0.29) is 5.97 Å². The summed E-state index contributed by atoms with van der Waals surface area (Å²) >= 11 is 1.62. The van der Waals surface area contributed by atoms with E-state index in [1.54, 1.807) is 25.8 Å². The molecule has 0 fully saturated rings. The van der Waals surface area contributed by atoms with Gasteiger partial charge in [0.2, 0.25) is 0 Å². The lowest BCUT2D eigenvalue weighted by atomic mass is 10.2. The van der Waals surface area contributed by atoms with Gasteiger partial charge in [-0.15, -0.1) is 0 Å². The Morgan fingerprint density at radius 3 is 2.61 bits per heavy atom. The molecule has 100 valence electrons. The summed E-state index contributed by atoms with van der Waals surface area (Å²) in [6.45, 7) is 2.14. The van der Waals surface area contributed by atoms with Gasteiger partial charge in [-0.3, -0.25) is 4.79 Å².